The largest absolute Gasteiger partial charge is 0.357 e. The minimum Gasteiger partial charge on any atom is -0.357 e. The van der Waals surface area contributed by atoms with E-state index >= 15 is 0 Å². The molecule has 0 amide bonds. The molecule has 0 saturated carbocycles. The summed E-state index contributed by atoms with van der Waals surface area (Å²) in [6, 6.07) is 1.94. The van der Waals surface area contributed by atoms with Crippen LogP contribution in [0.1, 0.15) is 31.2 Å². The van der Waals surface area contributed by atoms with E-state index < -0.39 is 0 Å². The first-order valence-electron chi connectivity index (χ1n) is 4.76. The zero-order chi connectivity index (χ0) is 9.10. The summed E-state index contributed by atoms with van der Waals surface area (Å²) in [6.07, 6.45) is 5.32. The van der Waals surface area contributed by atoms with E-state index in [0.717, 1.165) is 25.1 Å². The van der Waals surface area contributed by atoms with E-state index in [4.69, 9.17) is 10.5 Å². The van der Waals surface area contributed by atoms with Crippen LogP contribution in [0.4, 0.5) is 0 Å². The fourth-order valence-corrected chi connectivity index (χ4v) is 1.68. The predicted octanol–water partition coefficient (Wildman–Crippen LogP) is 1.04. The first kappa shape index (κ1) is 8.72. The molecule has 4 nitrogen and oxygen atoms in total. The van der Waals surface area contributed by atoms with E-state index in [0.29, 0.717) is 6.54 Å². The van der Waals surface area contributed by atoms with Crippen molar-refractivity contribution in [3.8, 4) is 0 Å². The third-order valence-electron chi connectivity index (χ3n) is 2.39. The first-order chi connectivity index (χ1) is 6.42. The van der Waals surface area contributed by atoms with Crippen LogP contribution >= 0.6 is 0 Å². The van der Waals surface area contributed by atoms with Gasteiger partial charge in [-0.1, -0.05) is 0 Å². The van der Waals surface area contributed by atoms with E-state index in [1.165, 1.54) is 6.42 Å². The summed E-state index contributed by atoms with van der Waals surface area (Å²) in [4.78, 5) is 0. The zero-order valence-electron chi connectivity index (χ0n) is 7.65. The average Bonchev–Trinajstić information content (AvgIpc) is 2.67. The molecule has 2 rings (SSSR count). The van der Waals surface area contributed by atoms with Gasteiger partial charge in [-0.25, -0.2) is 4.68 Å². The van der Waals surface area contributed by atoms with Crippen molar-refractivity contribution >= 4 is 0 Å². The highest BCUT2D eigenvalue weighted by molar-refractivity contribution is 5.00. The van der Waals surface area contributed by atoms with Gasteiger partial charge in [-0.15, -0.1) is 0 Å². The molecule has 1 atom stereocenters. The lowest BCUT2D eigenvalue weighted by Gasteiger charge is -2.24. The first-order valence-corrected chi connectivity index (χ1v) is 4.76. The Hall–Kier alpha value is -0.870. The van der Waals surface area contributed by atoms with Crippen LogP contribution in [0.5, 0.6) is 0 Å². The second kappa shape index (κ2) is 3.89. The Morgan fingerprint density at radius 3 is 3.23 bits per heavy atom. The van der Waals surface area contributed by atoms with Gasteiger partial charge >= 0.3 is 0 Å². The molecular formula is C9H15N3O. The van der Waals surface area contributed by atoms with Crippen molar-refractivity contribution < 1.29 is 4.74 Å². The number of nitrogens with zero attached hydrogens (tertiary/aromatic N) is 2. The maximum Gasteiger partial charge on any atom is 0.150 e. The summed E-state index contributed by atoms with van der Waals surface area (Å²) < 4.78 is 7.51. The average molecular weight is 181 g/mol. The van der Waals surface area contributed by atoms with Crippen molar-refractivity contribution in [2.24, 2.45) is 5.73 Å². The monoisotopic (exact) mass is 181 g/mol. The second-order valence-corrected chi connectivity index (χ2v) is 3.29. The molecule has 1 aliphatic heterocycles. The minimum atomic E-state index is 0.113. The van der Waals surface area contributed by atoms with Gasteiger partial charge in [0.25, 0.3) is 0 Å². The molecule has 0 aliphatic carbocycles. The smallest absolute Gasteiger partial charge is 0.150 e. The van der Waals surface area contributed by atoms with Crippen molar-refractivity contribution in [3.63, 3.8) is 0 Å². The third-order valence-corrected chi connectivity index (χ3v) is 2.39. The number of rotatable bonds is 2. The summed E-state index contributed by atoms with van der Waals surface area (Å²) in [5.41, 5.74) is 6.63. The van der Waals surface area contributed by atoms with Gasteiger partial charge in [0.05, 0.1) is 5.69 Å². The molecule has 2 heterocycles. The van der Waals surface area contributed by atoms with E-state index in [9.17, 15) is 0 Å². The molecule has 72 valence electrons. The maximum absolute atomic E-state index is 5.61. The normalized spacial score (nSPS) is 23.3. The lowest BCUT2D eigenvalue weighted by atomic mass is 10.2. The van der Waals surface area contributed by atoms with Crippen LogP contribution in [-0.4, -0.2) is 16.4 Å². The fraction of sp³-hybridized carbons (Fsp3) is 0.667. The van der Waals surface area contributed by atoms with Crippen molar-refractivity contribution in [1.82, 2.24) is 9.78 Å². The van der Waals surface area contributed by atoms with E-state index in [-0.39, 0.29) is 6.23 Å². The Labute approximate surface area is 77.7 Å². The highest BCUT2D eigenvalue weighted by Gasteiger charge is 2.17. The topological polar surface area (TPSA) is 53.1 Å². The van der Waals surface area contributed by atoms with Crippen LogP contribution in [0.3, 0.4) is 0 Å². The van der Waals surface area contributed by atoms with Crippen LogP contribution in [0.25, 0.3) is 0 Å². The van der Waals surface area contributed by atoms with E-state index in [1.807, 2.05) is 10.7 Å². The summed E-state index contributed by atoms with van der Waals surface area (Å²) in [5.74, 6) is 0. The van der Waals surface area contributed by atoms with Crippen LogP contribution in [0.2, 0.25) is 0 Å². The Morgan fingerprint density at radius 1 is 1.62 bits per heavy atom. The summed E-state index contributed by atoms with van der Waals surface area (Å²) >= 11 is 0. The van der Waals surface area contributed by atoms with Gasteiger partial charge in [0.15, 0.2) is 6.23 Å². The molecule has 0 radical (unpaired) electrons. The quantitative estimate of drug-likeness (QED) is 0.741. The molecule has 1 aliphatic rings. The van der Waals surface area contributed by atoms with Gasteiger partial charge in [0.1, 0.15) is 0 Å². The molecule has 1 aromatic rings. The molecule has 0 bridgehead atoms. The molecule has 13 heavy (non-hydrogen) atoms. The van der Waals surface area contributed by atoms with E-state index in [1.54, 1.807) is 6.20 Å². The number of ether oxygens (including phenoxy) is 1. The van der Waals surface area contributed by atoms with Crippen molar-refractivity contribution in [2.45, 2.75) is 32.0 Å². The highest BCUT2D eigenvalue weighted by atomic mass is 16.5. The highest BCUT2D eigenvalue weighted by Crippen LogP contribution is 2.22. The molecule has 1 fully saturated rings. The number of hydrogen-bond acceptors (Lipinski definition) is 3. The van der Waals surface area contributed by atoms with Crippen LogP contribution in [0.15, 0.2) is 12.3 Å². The summed E-state index contributed by atoms with van der Waals surface area (Å²) in [5, 5.41) is 4.22. The standard InChI is InChI=1S/C9H15N3O/c10-7-8-4-5-11-12(8)9-3-1-2-6-13-9/h4-5,9H,1-3,6-7,10H2. The molecule has 1 saturated heterocycles. The molecule has 0 aromatic carbocycles. The van der Waals surface area contributed by atoms with Gasteiger partial charge < -0.3 is 10.5 Å². The van der Waals surface area contributed by atoms with Crippen LogP contribution in [-0.2, 0) is 11.3 Å². The number of nitrogens with two attached hydrogens (primary N) is 1. The summed E-state index contributed by atoms with van der Waals surface area (Å²) in [7, 11) is 0. The number of aromatic nitrogens is 2. The third kappa shape index (κ3) is 1.73. The van der Waals surface area contributed by atoms with Gasteiger partial charge in [-0.3, -0.25) is 0 Å². The number of hydrogen-bond donors (Lipinski definition) is 1. The molecule has 4 heteroatoms. The van der Waals surface area contributed by atoms with Crippen molar-refractivity contribution in [3.05, 3.63) is 18.0 Å². The Kier molecular flexibility index (Phi) is 2.61. The lowest BCUT2D eigenvalue weighted by Crippen LogP contribution is -2.21. The maximum atomic E-state index is 5.61. The Balaban J connectivity index is 2.13. The van der Waals surface area contributed by atoms with Crippen molar-refractivity contribution in [2.75, 3.05) is 6.61 Å². The van der Waals surface area contributed by atoms with Crippen LogP contribution < -0.4 is 5.73 Å². The SMILES string of the molecule is NCc1ccnn1C1CCCCO1. The van der Waals surface area contributed by atoms with Gasteiger partial charge in [-0.2, -0.15) is 5.10 Å². The lowest BCUT2D eigenvalue weighted by molar-refractivity contribution is -0.0410. The zero-order valence-corrected chi connectivity index (χ0v) is 7.65. The molecule has 2 N–H and O–H groups in total. The Morgan fingerprint density at radius 2 is 2.54 bits per heavy atom. The molecule has 0 spiro atoms. The molecular weight excluding hydrogens is 166 g/mol. The predicted molar refractivity (Wildman–Crippen MR) is 49.0 cm³/mol. The second-order valence-electron chi connectivity index (χ2n) is 3.29. The van der Waals surface area contributed by atoms with Gasteiger partial charge in [-0.05, 0) is 25.3 Å². The van der Waals surface area contributed by atoms with Crippen LogP contribution in [0, 0.1) is 0 Å². The molecule has 1 aromatic heterocycles. The van der Waals surface area contributed by atoms with Crippen molar-refractivity contribution in [1.29, 1.82) is 0 Å². The molecule has 1 unspecified atom stereocenters. The van der Waals surface area contributed by atoms with Gasteiger partial charge in [0, 0.05) is 19.3 Å². The fourth-order valence-electron chi connectivity index (χ4n) is 1.68. The van der Waals surface area contributed by atoms with E-state index in [2.05, 4.69) is 5.10 Å². The van der Waals surface area contributed by atoms with Gasteiger partial charge in [0.2, 0.25) is 0 Å². The minimum absolute atomic E-state index is 0.113. The summed E-state index contributed by atoms with van der Waals surface area (Å²) in [6.45, 7) is 1.37. The Bertz CT molecular complexity index is 266.